The van der Waals surface area contributed by atoms with Crippen LogP contribution in [0.1, 0.15) is 40.0 Å². The van der Waals surface area contributed by atoms with E-state index in [4.69, 9.17) is 9.84 Å². The SMILES string of the molecule is CCCC(=O)NC1C([C@H](O)[C@H](O)CO)O[C@](C(=O)O)(C(C)C)C[C@H]1O. The molecule has 0 aromatic rings. The molecular weight excluding hydrogens is 334 g/mol. The van der Waals surface area contributed by atoms with E-state index in [0.717, 1.165) is 0 Å². The minimum Gasteiger partial charge on any atom is -0.479 e. The van der Waals surface area contributed by atoms with Gasteiger partial charge >= 0.3 is 5.97 Å². The Bertz CT molecular complexity index is 471. The van der Waals surface area contributed by atoms with Crippen molar-refractivity contribution in [1.29, 1.82) is 0 Å². The molecule has 6 N–H and O–H groups in total. The van der Waals surface area contributed by atoms with Crippen LogP contribution in [0.3, 0.4) is 0 Å². The number of amides is 1. The smallest absolute Gasteiger partial charge is 0.336 e. The molecule has 1 heterocycles. The van der Waals surface area contributed by atoms with Crippen molar-refractivity contribution in [3.05, 3.63) is 0 Å². The monoisotopic (exact) mass is 363 g/mol. The van der Waals surface area contributed by atoms with Crippen molar-refractivity contribution in [3.63, 3.8) is 0 Å². The summed E-state index contributed by atoms with van der Waals surface area (Å²) >= 11 is 0. The van der Waals surface area contributed by atoms with Gasteiger partial charge in [0.25, 0.3) is 0 Å². The first kappa shape index (κ1) is 21.8. The predicted molar refractivity (Wildman–Crippen MR) is 86.6 cm³/mol. The van der Waals surface area contributed by atoms with Gasteiger partial charge in [-0.3, -0.25) is 4.79 Å². The number of carboxylic acid groups (broad SMARTS) is 1. The van der Waals surface area contributed by atoms with E-state index in [0.29, 0.717) is 6.42 Å². The lowest BCUT2D eigenvalue weighted by atomic mass is 9.77. The lowest BCUT2D eigenvalue weighted by molar-refractivity contribution is -0.240. The zero-order chi connectivity index (χ0) is 19.4. The summed E-state index contributed by atoms with van der Waals surface area (Å²) < 4.78 is 5.65. The van der Waals surface area contributed by atoms with Crippen LogP contribution in [-0.4, -0.2) is 80.1 Å². The average molecular weight is 363 g/mol. The van der Waals surface area contributed by atoms with Gasteiger partial charge in [0, 0.05) is 12.8 Å². The standard InChI is InChI=1S/C16H29NO8/c1-4-5-11(21)17-12-9(19)6-16(8(2)3,15(23)24)25-14(12)13(22)10(20)7-18/h8-10,12-14,18-20,22H,4-7H2,1-3H3,(H,17,21)(H,23,24)/t9-,10-,12?,13-,14?,16+/m1/s1. The lowest BCUT2D eigenvalue weighted by Crippen LogP contribution is -2.68. The summed E-state index contributed by atoms with van der Waals surface area (Å²) in [5.74, 6) is -2.25. The van der Waals surface area contributed by atoms with Gasteiger partial charge in [-0.2, -0.15) is 0 Å². The van der Waals surface area contributed by atoms with Crippen molar-refractivity contribution in [2.75, 3.05) is 6.61 Å². The molecule has 0 aromatic heterocycles. The fourth-order valence-electron chi connectivity index (χ4n) is 3.05. The van der Waals surface area contributed by atoms with E-state index in [1.807, 2.05) is 0 Å². The van der Waals surface area contributed by atoms with Gasteiger partial charge in [0.1, 0.15) is 18.3 Å². The van der Waals surface area contributed by atoms with E-state index in [1.165, 1.54) is 0 Å². The second-order valence-electron chi connectivity index (χ2n) is 6.79. The van der Waals surface area contributed by atoms with Gasteiger partial charge in [-0.05, 0) is 12.3 Å². The molecule has 6 atom stereocenters. The molecule has 1 fully saturated rings. The quantitative estimate of drug-likeness (QED) is 0.308. The molecule has 1 rings (SSSR count). The van der Waals surface area contributed by atoms with Crippen molar-refractivity contribution < 1.29 is 39.9 Å². The van der Waals surface area contributed by atoms with Crippen molar-refractivity contribution >= 4 is 11.9 Å². The molecular formula is C16H29NO8. The molecule has 0 saturated carbocycles. The highest BCUT2D eigenvalue weighted by Crippen LogP contribution is 2.37. The molecule has 1 aliphatic heterocycles. The summed E-state index contributed by atoms with van der Waals surface area (Å²) in [5, 5.41) is 51.7. The third-order valence-electron chi connectivity index (χ3n) is 4.64. The Hall–Kier alpha value is -1.26. The summed E-state index contributed by atoms with van der Waals surface area (Å²) in [6.45, 7) is 4.21. The van der Waals surface area contributed by atoms with Crippen LogP contribution in [0.4, 0.5) is 0 Å². The number of hydrogen-bond acceptors (Lipinski definition) is 7. The first-order valence-electron chi connectivity index (χ1n) is 8.46. The molecule has 1 saturated heterocycles. The van der Waals surface area contributed by atoms with E-state index >= 15 is 0 Å². The Morgan fingerprint density at radius 3 is 2.36 bits per heavy atom. The van der Waals surface area contributed by atoms with Gasteiger partial charge in [0.15, 0.2) is 5.60 Å². The van der Waals surface area contributed by atoms with E-state index in [1.54, 1.807) is 20.8 Å². The molecule has 1 amide bonds. The Morgan fingerprint density at radius 2 is 1.92 bits per heavy atom. The summed E-state index contributed by atoms with van der Waals surface area (Å²) in [6, 6.07) is -1.11. The van der Waals surface area contributed by atoms with E-state index in [2.05, 4.69) is 5.32 Å². The van der Waals surface area contributed by atoms with Crippen molar-refractivity contribution in [1.82, 2.24) is 5.32 Å². The number of carboxylic acids is 1. The summed E-state index contributed by atoms with van der Waals surface area (Å²) in [5.41, 5.74) is -1.79. The third kappa shape index (κ3) is 4.68. The topological polar surface area (TPSA) is 157 Å². The molecule has 0 bridgehead atoms. The fourth-order valence-corrected chi connectivity index (χ4v) is 3.05. The highest BCUT2D eigenvalue weighted by atomic mass is 16.6. The first-order valence-corrected chi connectivity index (χ1v) is 8.46. The summed E-state index contributed by atoms with van der Waals surface area (Å²) in [6.07, 6.45) is -5.54. The van der Waals surface area contributed by atoms with Gasteiger partial charge in [-0.1, -0.05) is 20.8 Å². The van der Waals surface area contributed by atoms with Gasteiger partial charge in [-0.25, -0.2) is 4.79 Å². The number of aliphatic hydroxyl groups excluding tert-OH is 4. The van der Waals surface area contributed by atoms with Crippen molar-refractivity contribution in [2.45, 2.75) is 76.1 Å². The zero-order valence-corrected chi connectivity index (χ0v) is 14.8. The van der Waals surface area contributed by atoms with Crippen molar-refractivity contribution in [3.8, 4) is 0 Å². The minimum atomic E-state index is -1.79. The molecule has 0 aliphatic carbocycles. The van der Waals surface area contributed by atoms with Crippen LogP contribution in [-0.2, 0) is 14.3 Å². The number of aliphatic carboxylic acids is 1. The van der Waals surface area contributed by atoms with Crippen LogP contribution in [0.15, 0.2) is 0 Å². The third-order valence-corrected chi connectivity index (χ3v) is 4.64. The molecule has 9 nitrogen and oxygen atoms in total. The van der Waals surface area contributed by atoms with Crippen LogP contribution < -0.4 is 5.32 Å². The number of carbonyl (C=O) groups is 2. The maximum atomic E-state index is 11.9. The highest BCUT2D eigenvalue weighted by Gasteiger charge is 2.55. The minimum absolute atomic E-state index is 0.183. The fraction of sp³-hybridized carbons (Fsp3) is 0.875. The molecule has 0 radical (unpaired) electrons. The van der Waals surface area contributed by atoms with Gasteiger partial charge in [0.2, 0.25) is 5.91 Å². The van der Waals surface area contributed by atoms with Gasteiger partial charge in [-0.15, -0.1) is 0 Å². The van der Waals surface area contributed by atoms with E-state index in [-0.39, 0.29) is 12.8 Å². The molecule has 146 valence electrons. The average Bonchev–Trinajstić information content (AvgIpc) is 2.54. The van der Waals surface area contributed by atoms with Gasteiger partial charge in [0.05, 0.1) is 18.8 Å². The Kier molecular flexibility index (Phi) is 7.76. The van der Waals surface area contributed by atoms with Crippen LogP contribution in [0, 0.1) is 5.92 Å². The normalized spacial score (nSPS) is 32.2. The molecule has 1 aliphatic rings. The maximum absolute atomic E-state index is 11.9. The molecule has 9 heteroatoms. The molecule has 2 unspecified atom stereocenters. The van der Waals surface area contributed by atoms with Crippen LogP contribution in [0.25, 0.3) is 0 Å². The Labute approximate surface area is 146 Å². The van der Waals surface area contributed by atoms with Crippen molar-refractivity contribution in [2.24, 2.45) is 5.92 Å². The number of rotatable bonds is 8. The highest BCUT2D eigenvalue weighted by molar-refractivity contribution is 5.79. The molecule has 0 aromatic carbocycles. The number of nitrogens with one attached hydrogen (secondary N) is 1. The van der Waals surface area contributed by atoms with E-state index in [9.17, 15) is 30.0 Å². The molecule has 0 spiro atoms. The largest absolute Gasteiger partial charge is 0.479 e. The second-order valence-corrected chi connectivity index (χ2v) is 6.79. The van der Waals surface area contributed by atoms with Gasteiger partial charge < -0.3 is 35.6 Å². The zero-order valence-electron chi connectivity index (χ0n) is 14.8. The first-order chi connectivity index (χ1) is 11.6. The number of aliphatic hydroxyl groups is 4. The number of ether oxygens (including phenoxy) is 1. The second kappa shape index (κ2) is 8.91. The molecule has 25 heavy (non-hydrogen) atoms. The van der Waals surface area contributed by atoms with Crippen LogP contribution >= 0.6 is 0 Å². The van der Waals surface area contributed by atoms with Crippen LogP contribution in [0.5, 0.6) is 0 Å². The predicted octanol–water partition coefficient (Wildman–Crippen LogP) is -1.39. The lowest BCUT2D eigenvalue weighted by Gasteiger charge is -2.48. The van der Waals surface area contributed by atoms with Crippen LogP contribution in [0.2, 0.25) is 0 Å². The maximum Gasteiger partial charge on any atom is 0.336 e. The summed E-state index contributed by atoms with van der Waals surface area (Å²) in [4.78, 5) is 23.7. The summed E-state index contributed by atoms with van der Waals surface area (Å²) in [7, 11) is 0. The Balaban J connectivity index is 3.20. The number of carbonyl (C=O) groups excluding carboxylic acids is 1. The van der Waals surface area contributed by atoms with E-state index < -0.39 is 60.5 Å². The number of hydrogen-bond donors (Lipinski definition) is 6. The Morgan fingerprint density at radius 1 is 1.32 bits per heavy atom.